The van der Waals surface area contributed by atoms with E-state index in [0.29, 0.717) is 31.0 Å². The van der Waals surface area contributed by atoms with Gasteiger partial charge in [-0.3, -0.25) is 4.79 Å². The topological polar surface area (TPSA) is 101 Å². The average molecular weight is 293 g/mol. The van der Waals surface area contributed by atoms with Gasteiger partial charge in [-0.25, -0.2) is 9.78 Å². The maximum Gasteiger partial charge on any atom is 0.319 e. The van der Waals surface area contributed by atoms with Gasteiger partial charge in [-0.2, -0.15) is 0 Å². The molecule has 0 bridgehead atoms. The maximum atomic E-state index is 11.9. The fourth-order valence-corrected chi connectivity index (χ4v) is 2.33. The molecule has 1 heterocycles. The van der Waals surface area contributed by atoms with Crippen LogP contribution in [0.3, 0.4) is 0 Å². The summed E-state index contributed by atoms with van der Waals surface area (Å²) >= 11 is 0. The van der Waals surface area contributed by atoms with E-state index in [1.54, 1.807) is 12.1 Å². The number of hydrogen-bond donors (Lipinski definition) is 3. The summed E-state index contributed by atoms with van der Waals surface area (Å²) in [5.41, 5.74) is -0.0880. The first-order chi connectivity index (χ1) is 10.0. The third-order valence-corrected chi connectivity index (χ3v) is 3.47. The van der Waals surface area contributed by atoms with Crippen LogP contribution in [-0.4, -0.2) is 34.2 Å². The van der Waals surface area contributed by atoms with E-state index in [1.807, 2.05) is 6.92 Å². The molecule has 7 heteroatoms. The van der Waals surface area contributed by atoms with Crippen LogP contribution in [0.5, 0.6) is 5.88 Å². The predicted molar refractivity (Wildman–Crippen MR) is 76.4 cm³/mol. The van der Waals surface area contributed by atoms with Crippen LogP contribution in [0.25, 0.3) is 0 Å². The number of carbonyl (C=O) groups is 2. The summed E-state index contributed by atoms with van der Waals surface area (Å²) in [4.78, 5) is 26.8. The van der Waals surface area contributed by atoms with Crippen molar-refractivity contribution in [3.8, 4) is 5.88 Å². The number of nitrogens with one attached hydrogen (secondary N) is 2. The van der Waals surface area contributed by atoms with Crippen molar-refractivity contribution in [1.82, 2.24) is 10.3 Å². The molecule has 0 unspecified atom stereocenters. The van der Waals surface area contributed by atoms with Crippen molar-refractivity contribution in [1.29, 1.82) is 0 Å². The summed E-state index contributed by atoms with van der Waals surface area (Å²) < 4.78 is 5.21. The zero-order valence-electron chi connectivity index (χ0n) is 11.9. The fraction of sp³-hybridized carbons (Fsp3) is 0.500. The van der Waals surface area contributed by atoms with Gasteiger partial charge in [0.2, 0.25) is 5.88 Å². The molecule has 0 atom stereocenters. The van der Waals surface area contributed by atoms with Crippen LogP contribution in [0, 0.1) is 0 Å². The quantitative estimate of drug-likeness (QED) is 0.744. The molecular weight excluding hydrogens is 274 g/mol. The molecule has 0 aromatic carbocycles. The van der Waals surface area contributed by atoms with E-state index in [4.69, 9.17) is 9.84 Å². The highest BCUT2D eigenvalue weighted by Gasteiger charge is 2.40. The molecule has 1 aromatic rings. The number of urea groups is 1. The number of rotatable bonds is 6. The molecule has 0 aliphatic heterocycles. The van der Waals surface area contributed by atoms with Crippen LogP contribution in [0.1, 0.15) is 32.6 Å². The number of pyridine rings is 1. The molecule has 114 valence electrons. The molecule has 0 saturated heterocycles. The number of carbonyl (C=O) groups excluding carboxylic acids is 1. The highest BCUT2D eigenvalue weighted by molar-refractivity contribution is 5.90. The van der Waals surface area contributed by atoms with Gasteiger partial charge in [-0.05, 0) is 32.3 Å². The molecule has 1 fully saturated rings. The summed E-state index contributed by atoms with van der Waals surface area (Å²) in [5.74, 6) is -0.414. The maximum absolute atomic E-state index is 11.9. The Morgan fingerprint density at radius 3 is 2.67 bits per heavy atom. The molecule has 2 amide bonds. The lowest BCUT2D eigenvalue weighted by Gasteiger charge is -2.41. The van der Waals surface area contributed by atoms with Crippen molar-refractivity contribution < 1.29 is 19.4 Å². The SMILES string of the molecule is CCOc1ccc(NC(=O)NC2(CC(=O)O)CCC2)cn1. The summed E-state index contributed by atoms with van der Waals surface area (Å²) in [5, 5.41) is 14.3. The van der Waals surface area contributed by atoms with Crippen molar-refractivity contribution in [3.63, 3.8) is 0 Å². The van der Waals surface area contributed by atoms with Gasteiger partial charge < -0.3 is 20.5 Å². The molecule has 1 aliphatic rings. The lowest BCUT2D eigenvalue weighted by atomic mass is 9.74. The van der Waals surface area contributed by atoms with Gasteiger partial charge in [0.1, 0.15) is 0 Å². The minimum Gasteiger partial charge on any atom is -0.481 e. The largest absolute Gasteiger partial charge is 0.481 e. The summed E-state index contributed by atoms with van der Waals surface area (Å²) in [6.45, 7) is 2.39. The van der Waals surface area contributed by atoms with Gasteiger partial charge in [0.25, 0.3) is 0 Å². The monoisotopic (exact) mass is 293 g/mol. The minimum atomic E-state index is -0.905. The fourth-order valence-electron chi connectivity index (χ4n) is 2.33. The average Bonchev–Trinajstić information content (AvgIpc) is 2.38. The van der Waals surface area contributed by atoms with E-state index in [9.17, 15) is 9.59 Å². The Balaban J connectivity index is 1.90. The standard InChI is InChI=1S/C14H19N3O4/c1-2-21-11-5-4-10(9-15-11)16-13(20)17-14(6-3-7-14)8-12(18)19/h4-5,9H,2-3,6-8H2,1H3,(H,18,19)(H2,16,17,20). The van der Waals surface area contributed by atoms with Crippen LogP contribution >= 0.6 is 0 Å². The molecule has 0 radical (unpaired) electrons. The second kappa shape index (κ2) is 6.43. The number of ether oxygens (including phenoxy) is 1. The second-order valence-corrected chi connectivity index (χ2v) is 5.10. The Bertz CT molecular complexity index is 511. The van der Waals surface area contributed by atoms with Gasteiger partial charge in [0.05, 0.1) is 30.5 Å². The van der Waals surface area contributed by atoms with Gasteiger partial charge in [-0.15, -0.1) is 0 Å². The molecule has 1 saturated carbocycles. The number of aliphatic carboxylic acids is 1. The highest BCUT2D eigenvalue weighted by Crippen LogP contribution is 2.34. The van der Waals surface area contributed by atoms with Crippen LogP contribution in [0.4, 0.5) is 10.5 Å². The number of aromatic nitrogens is 1. The van der Waals surface area contributed by atoms with Gasteiger partial charge in [-0.1, -0.05) is 0 Å². The Morgan fingerprint density at radius 2 is 2.19 bits per heavy atom. The summed E-state index contributed by atoms with van der Waals surface area (Å²) in [6.07, 6.45) is 3.75. The first kappa shape index (κ1) is 15.1. The number of amides is 2. The van der Waals surface area contributed by atoms with E-state index in [2.05, 4.69) is 15.6 Å². The van der Waals surface area contributed by atoms with Crippen LogP contribution in [-0.2, 0) is 4.79 Å². The van der Waals surface area contributed by atoms with Crippen molar-refractivity contribution >= 4 is 17.7 Å². The zero-order valence-corrected chi connectivity index (χ0v) is 11.9. The molecular formula is C14H19N3O4. The number of carboxylic acids is 1. The van der Waals surface area contributed by atoms with Crippen LogP contribution in [0.2, 0.25) is 0 Å². The smallest absolute Gasteiger partial charge is 0.319 e. The number of anilines is 1. The normalized spacial score (nSPS) is 15.7. The molecule has 1 aliphatic carbocycles. The Hall–Kier alpha value is -2.31. The third-order valence-electron chi connectivity index (χ3n) is 3.47. The van der Waals surface area contributed by atoms with Gasteiger partial charge >= 0.3 is 12.0 Å². The predicted octanol–water partition coefficient (Wildman–Crippen LogP) is 2.00. The summed E-state index contributed by atoms with van der Waals surface area (Å²) in [6, 6.07) is 2.93. The van der Waals surface area contributed by atoms with E-state index >= 15 is 0 Å². The second-order valence-electron chi connectivity index (χ2n) is 5.10. The zero-order chi connectivity index (χ0) is 15.3. The van der Waals surface area contributed by atoms with Gasteiger partial charge in [0.15, 0.2) is 0 Å². The van der Waals surface area contributed by atoms with Crippen LogP contribution < -0.4 is 15.4 Å². The first-order valence-electron chi connectivity index (χ1n) is 6.93. The van der Waals surface area contributed by atoms with Crippen molar-refractivity contribution in [2.45, 2.75) is 38.1 Å². The number of hydrogen-bond acceptors (Lipinski definition) is 4. The first-order valence-corrected chi connectivity index (χ1v) is 6.93. The molecule has 1 aromatic heterocycles. The van der Waals surface area contributed by atoms with Crippen molar-refractivity contribution in [2.24, 2.45) is 0 Å². The van der Waals surface area contributed by atoms with E-state index in [-0.39, 0.29) is 6.42 Å². The van der Waals surface area contributed by atoms with Crippen molar-refractivity contribution in [2.75, 3.05) is 11.9 Å². The van der Waals surface area contributed by atoms with Crippen LogP contribution in [0.15, 0.2) is 18.3 Å². The number of carboxylic acid groups (broad SMARTS) is 1. The minimum absolute atomic E-state index is 0.0536. The lowest BCUT2D eigenvalue weighted by molar-refractivity contribution is -0.139. The highest BCUT2D eigenvalue weighted by atomic mass is 16.5. The Kier molecular flexibility index (Phi) is 4.62. The summed E-state index contributed by atoms with van der Waals surface area (Å²) in [7, 11) is 0. The van der Waals surface area contributed by atoms with E-state index in [0.717, 1.165) is 6.42 Å². The molecule has 21 heavy (non-hydrogen) atoms. The number of nitrogens with zero attached hydrogens (tertiary/aromatic N) is 1. The Labute approximate surface area is 122 Å². The molecule has 3 N–H and O–H groups in total. The van der Waals surface area contributed by atoms with E-state index < -0.39 is 17.5 Å². The molecule has 0 spiro atoms. The lowest BCUT2D eigenvalue weighted by Crippen LogP contribution is -2.55. The van der Waals surface area contributed by atoms with Crippen molar-refractivity contribution in [3.05, 3.63) is 18.3 Å². The third kappa shape index (κ3) is 4.08. The molecule has 2 rings (SSSR count). The molecule has 7 nitrogen and oxygen atoms in total. The Morgan fingerprint density at radius 1 is 1.43 bits per heavy atom. The van der Waals surface area contributed by atoms with E-state index in [1.165, 1.54) is 6.20 Å². The van der Waals surface area contributed by atoms with Gasteiger partial charge in [0, 0.05) is 6.07 Å².